The summed E-state index contributed by atoms with van der Waals surface area (Å²) < 4.78 is 1.75. The molecule has 158 valence electrons. The van der Waals surface area contributed by atoms with Crippen LogP contribution in [0.25, 0.3) is 5.69 Å². The zero-order valence-corrected chi connectivity index (χ0v) is 18.2. The van der Waals surface area contributed by atoms with Gasteiger partial charge >= 0.3 is 0 Å². The van der Waals surface area contributed by atoms with Gasteiger partial charge in [-0.05, 0) is 43.7 Å². The summed E-state index contributed by atoms with van der Waals surface area (Å²) >= 11 is 6.02. The molecular formula is C24H23ClN4O2. The van der Waals surface area contributed by atoms with Crippen molar-refractivity contribution in [2.24, 2.45) is 0 Å². The quantitative estimate of drug-likeness (QED) is 0.627. The van der Waals surface area contributed by atoms with Crippen LogP contribution in [0.3, 0.4) is 0 Å². The molecule has 6 nitrogen and oxygen atoms in total. The van der Waals surface area contributed by atoms with Gasteiger partial charge in [-0.25, -0.2) is 4.68 Å². The lowest BCUT2D eigenvalue weighted by molar-refractivity contribution is -0.137. The van der Waals surface area contributed by atoms with E-state index >= 15 is 0 Å². The average molecular weight is 435 g/mol. The van der Waals surface area contributed by atoms with Gasteiger partial charge in [-0.2, -0.15) is 5.10 Å². The monoisotopic (exact) mass is 434 g/mol. The van der Waals surface area contributed by atoms with Crippen molar-refractivity contribution in [1.82, 2.24) is 19.6 Å². The second-order valence-corrected chi connectivity index (χ2v) is 8.68. The Kier molecular flexibility index (Phi) is 4.82. The molecule has 1 saturated heterocycles. The predicted molar refractivity (Wildman–Crippen MR) is 118 cm³/mol. The first kappa shape index (κ1) is 19.8. The number of halogens is 1. The molecule has 1 fully saturated rings. The minimum Gasteiger partial charge on any atom is -0.338 e. The van der Waals surface area contributed by atoms with E-state index in [1.165, 1.54) is 0 Å². The smallest absolute Gasteiger partial charge is 0.273 e. The molecule has 31 heavy (non-hydrogen) atoms. The maximum Gasteiger partial charge on any atom is 0.273 e. The molecule has 2 aromatic carbocycles. The van der Waals surface area contributed by atoms with E-state index < -0.39 is 0 Å². The molecule has 0 aliphatic carbocycles. The van der Waals surface area contributed by atoms with E-state index in [4.69, 9.17) is 11.6 Å². The zero-order chi connectivity index (χ0) is 21.7. The Labute approximate surface area is 186 Å². The molecule has 1 unspecified atom stereocenters. The highest BCUT2D eigenvalue weighted by Gasteiger charge is 2.47. The highest BCUT2D eigenvalue weighted by molar-refractivity contribution is 6.30. The molecule has 0 saturated carbocycles. The third kappa shape index (κ3) is 3.31. The van der Waals surface area contributed by atoms with Crippen LogP contribution >= 0.6 is 11.6 Å². The third-order valence-electron chi connectivity index (χ3n) is 6.23. The van der Waals surface area contributed by atoms with E-state index in [2.05, 4.69) is 5.10 Å². The van der Waals surface area contributed by atoms with Gasteiger partial charge in [0.15, 0.2) is 0 Å². The topological polar surface area (TPSA) is 58.4 Å². The molecule has 3 aromatic rings. The maximum atomic E-state index is 13.4. The Balaban J connectivity index is 1.31. The minimum atomic E-state index is -0.0601. The molecule has 0 bridgehead atoms. The molecule has 3 heterocycles. The van der Waals surface area contributed by atoms with E-state index in [1.54, 1.807) is 10.7 Å². The highest BCUT2D eigenvalue weighted by atomic mass is 35.5. The summed E-state index contributed by atoms with van der Waals surface area (Å²) in [4.78, 5) is 29.8. The van der Waals surface area contributed by atoms with Gasteiger partial charge in [-0.15, -0.1) is 0 Å². The number of carbonyl (C=O) groups excluding carboxylic acids is 2. The number of hydrogen-bond acceptors (Lipinski definition) is 3. The molecule has 5 rings (SSSR count). The van der Waals surface area contributed by atoms with E-state index in [1.807, 2.05) is 72.2 Å². The third-order valence-corrected chi connectivity index (χ3v) is 6.47. The van der Waals surface area contributed by atoms with E-state index in [0.717, 1.165) is 22.5 Å². The van der Waals surface area contributed by atoms with Crippen molar-refractivity contribution in [3.05, 3.63) is 82.1 Å². The summed E-state index contributed by atoms with van der Waals surface area (Å²) in [7, 11) is 0. The fourth-order valence-corrected chi connectivity index (χ4v) is 4.90. The van der Waals surface area contributed by atoms with Gasteiger partial charge in [-0.1, -0.05) is 41.9 Å². The molecule has 2 amide bonds. The van der Waals surface area contributed by atoms with Gasteiger partial charge in [0.2, 0.25) is 5.91 Å². The number of aryl methyl sites for hydroxylation is 1. The van der Waals surface area contributed by atoms with Crippen LogP contribution in [-0.4, -0.2) is 50.5 Å². The standard InChI is InChI=1S/C24H23ClN4O2/c1-15-22-16(2)28(24(31)23(22)29(26-15)19-9-4-3-5-10-19)20-13-27(14-20)21(30)12-17-7-6-8-18(25)11-17/h3-11,16,20H,12-14H2,1-2H3. The summed E-state index contributed by atoms with van der Waals surface area (Å²) in [5, 5.41) is 5.26. The van der Waals surface area contributed by atoms with E-state index in [-0.39, 0.29) is 23.9 Å². The number of amides is 2. The number of aromatic nitrogens is 2. The van der Waals surface area contributed by atoms with Crippen molar-refractivity contribution >= 4 is 23.4 Å². The van der Waals surface area contributed by atoms with Crippen molar-refractivity contribution < 1.29 is 9.59 Å². The Morgan fingerprint density at radius 2 is 1.87 bits per heavy atom. The minimum absolute atomic E-state index is 0.0149. The first-order valence-corrected chi connectivity index (χ1v) is 10.8. The van der Waals surface area contributed by atoms with Crippen LogP contribution in [-0.2, 0) is 11.2 Å². The molecule has 7 heteroatoms. The van der Waals surface area contributed by atoms with Crippen LogP contribution in [0.4, 0.5) is 0 Å². The van der Waals surface area contributed by atoms with Crippen LogP contribution in [0, 0.1) is 6.92 Å². The maximum absolute atomic E-state index is 13.4. The van der Waals surface area contributed by atoms with Gasteiger partial charge in [0, 0.05) is 23.7 Å². The van der Waals surface area contributed by atoms with Crippen LogP contribution in [0.1, 0.15) is 40.3 Å². The Bertz CT molecular complexity index is 1170. The number of rotatable bonds is 4. The number of hydrogen-bond donors (Lipinski definition) is 0. The SMILES string of the molecule is Cc1nn(-c2ccccc2)c2c1C(C)N(C1CN(C(=O)Cc3cccc(Cl)c3)C1)C2=O. The molecule has 0 radical (unpaired) electrons. The first-order chi connectivity index (χ1) is 14.9. The molecular weight excluding hydrogens is 412 g/mol. The number of likely N-dealkylation sites (tertiary alicyclic amines) is 1. The van der Waals surface area contributed by atoms with Crippen molar-refractivity contribution in [3.8, 4) is 5.69 Å². The van der Waals surface area contributed by atoms with Gasteiger partial charge in [0.05, 0.1) is 29.9 Å². The number of fused-ring (bicyclic) bond motifs is 1. The summed E-state index contributed by atoms with van der Waals surface area (Å²) in [6.45, 7) is 5.10. The molecule has 1 aromatic heterocycles. The van der Waals surface area contributed by atoms with Crippen molar-refractivity contribution in [2.75, 3.05) is 13.1 Å². The molecule has 1 atom stereocenters. The van der Waals surface area contributed by atoms with E-state index in [9.17, 15) is 9.59 Å². The molecule has 2 aliphatic heterocycles. The van der Waals surface area contributed by atoms with Gasteiger partial charge in [0.25, 0.3) is 5.91 Å². The fraction of sp³-hybridized carbons (Fsp3) is 0.292. The molecule has 0 spiro atoms. The van der Waals surface area contributed by atoms with Crippen molar-refractivity contribution in [3.63, 3.8) is 0 Å². The van der Waals surface area contributed by atoms with Gasteiger partial charge < -0.3 is 9.80 Å². The zero-order valence-electron chi connectivity index (χ0n) is 17.5. The highest BCUT2D eigenvalue weighted by Crippen LogP contribution is 2.39. The number of carbonyl (C=O) groups is 2. The predicted octanol–water partition coefficient (Wildman–Crippen LogP) is 3.80. The fourth-order valence-electron chi connectivity index (χ4n) is 4.69. The van der Waals surface area contributed by atoms with E-state index in [0.29, 0.717) is 30.2 Å². The van der Waals surface area contributed by atoms with Gasteiger partial charge in [0.1, 0.15) is 5.69 Å². The van der Waals surface area contributed by atoms with Crippen molar-refractivity contribution in [2.45, 2.75) is 32.4 Å². The summed E-state index contributed by atoms with van der Waals surface area (Å²) in [6.07, 6.45) is 0.319. The van der Waals surface area contributed by atoms with Crippen LogP contribution < -0.4 is 0 Å². The Morgan fingerprint density at radius 1 is 1.13 bits per heavy atom. The average Bonchev–Trinajstić information content (AvgIpc) is 3.19. The summed E-state index contributed by atoms with van der Waals surface area (Å²) in [5.74, 6) is 0.0425. The second-order valence-electron chi connectivity index (χ2n) is 8.24. The Hall–Kier alpha value is -3.12. The second kappa shape index (κ2) is 7.54. The number of para-hydroxylation sites is 1. The number of benzene rings is 2. The lowest BCUT2D eigenvalue weighted by Gasteiger charge is -2.45. The van der Waals surface area contributed by atoms with Crippen LogP contribution in [0.15, 0.2) is 54.6 Å². The van der Waals surface area contributed by atoms with Crippen LogP contribution in [0.2, 0.25) is 5.02 Å². The van der Waals surface area contributed by atoms with Gasteiger partial charge in [-0.3, -0.25) is 9.59 Å². The molecule has 2 aliphatic rings. The lowest BCUT2D eigenvalue weighted by atomic mass is 10.0. The largest absolute Gasteiger partial charge is 0.338 e. The van der Waals surface area contributed by atoms with Crippen molar-refractivity contribution in [1.29, 1.82) is 0 Å². The van der Waals surface area contributed by atoms with Crippen LogP contribution in [0.5, 0.6) is 0 Å². The normalized spacial score (nSPS) is 18.3. The number of nitrogens with zero attached hydrogens (tertiary/aromatic N) is 4. The lowest BCUT2D eigenvalue weighted by Crippen LogP contribution is -2.62. The summed E-state index contributed by atoms with van der Waals surface area (Å²) in [6, 6.07) is 17.1. The molecule has 0 N–H and O–H groups in total. The first-order valence-electron chi connectivity index (χ1n) is 10.4. The summed E-state index contributed by atoms with van der Waals surface area (Å²) in [5.41, 5.74) is 4.27. The Morgan fingerprint density at radius 3 is 2.58 bits per heavy atom.